The maximum atomic E-state index is 13.1. The Morgan fingerprint density at radius 2 is 1.78 bits per heavy atom. The average molecular weight is 522 g/mol. The van der Waals surface area contributed by atoms with Gasteiger partial charge in [-0.2, -0.15) is 9.30 Å². The summed E-state index contributed by atoms with van der Waals surface area (Å²) in [6.45, 7) is 8.68. The minimum absolute atomic E-state index is 0.149. The fourth-order valence-corrected chi connectivity index (χ4v) is 7.35. The SMILES string of the molecule is C=CCn1c(=NC(=O)c2ccc(S(=O)(=O)N3CC(C)OC(C)C3)cc2)sc2c3ccccc3ccc21. The maximum absolute atomic E-state index is 13.1. The van der Waals surface area contributed by atoms with Crippen molar-refractivity contribution >= 4 is 48.3 Å². The van der Waals surface area contributed by atoms with Crippen LogP contribution in [0.15, 0.2) is 83.2 Å². The van der Waals surface area contributed by atoms with E-state index in [0.29, 0.717) is 30.0 Å². The first-order valence-electron chi connectivity index (χ1n) is 11.7. The van der Waals surface area contributed by atoms with Crippen LogP contribution in [0.4, 0.5) is 0 Å². The molecule has 0 saturated carbocycles. The Morgan fingerprint density at radius 1 is 1.08 bits per heavy atom. The molecule has 36 heavy (non-hydrogen) atoms. The third-order valence-electron chi connectivity index (χ3n) is 6.21. The van der Waals surface area contributed by atoms with E-state index in [4.69, 9.17) is 4.74 Å². The van der Waals surface area contributed by atoms with Crippen LogP contribution in [0.1, 0.15) is 24.2 Å². The van der Waals surface area contributed by atoms with Gasteiger partial charge in [-0.15, -0.1) is 6.58 Å². The van der Waals surface area contributed by atoms with E-state index in [1.807, 2.05) is 36.6 Å². The van der Waals surface area contributed by atoms with E-state index in [1.54, 1.807) is 6.08 Å². The summed E-state index contributed by atoms with van der Waals surface area (Å²) in [5.74, 6) is -0.429. The van der Waals surface area contributed by atoms with Crippen molar-refractivity contribution in [2.75, 3.05) is 13.1 Å². The molecule has 1 saturated heterocycles. The van der Waals surface area contributed by atoms with E-state index in [-0.39, 0.29) is 17.1 Å². The Hall–Kier alpha value is -3.11. The molecule has 2 unspecified atom stereocenters. The molecule has 186 valence electrons. The number of nitrogens with zero attached hydrogens (tertiary/aromatic N) is 3. The molecular weight excluding hydrogens is 494 g/mol. The lowest BCUT2D eigenvalue weighted by Crippen LogP contribution is -2.48. The Labute approximate surface area is 214 Å². The molecule has 1 aliphatic rings. The van der Waals surface area contributed by atoms with E-state index < -0.39 is 15.9 Å². The standard InChI is InChI=1S/C27H27N3O4S2/c1-4-15-30-24-14-11-20-7-5-6-8-23(20)25(24)35-27(30)28-26(31)21-9-12-22(13-10-21)36(32,33)29-16-18(2)34-19(3)17-29/h4-14,18-19H,1,15-17H2,2-3H3. The first kappa shape index (κ1) is 24.6. The summed E-state index contributed by atoms with van der Waals surface area (Å²) in [6.07, 6.45) is 1.42. The van der Waals surface area contributed by atoms with E-state index >= 15 is 0 Å². The van der Waals surface area contributed by atoms with Crippen LogP contribution in [0.2, 0.25) is 0 Å². The van der Waals surface area contributed by atoms with Crippen LogP contribution in [-0.4, -0.2) is 48.5 Å². The number of morpholine rings is 1. The Morgan fingerprint density at radius 3 is 2.47 bits per heavy atom. The molecule has 2 atom stereocenters. The second-order valence-corrected chi connectivity index (χ2v) is 11.9. The lowest BCUT2D eigenvalue weighted by atomic mass is 10.1. The Balaban J connectivity index is 1.49. The van der Waals surface area contributed by atoms with Gasteiger partial charge in [-0.3, -0.25) is 4.79 Å². The smallest absolute Gasteiger partial charge is 0.279 e. The topological polar surface area (TPSA) is 81.0 Å². The summed E-state index contributed by atoms with van der Waals surface area (Å²) < 4.78 is 36.4. The number of carbonyl (C=O) groups is 1. The van der Waals surface area contributed by atoms with E-state index in [2.05, 4.69) is 29.8 Å². The summed E-state index contributed by atoms with van der Waals surface area (Å²) in [5.41, 5.74) is 1.31. The van der Waals surface area contributed by atoms with Gasteiger partial charge in [-0.05, 0) is 49.6 Å². The molecule has 2 heterocycles. The predicted molar refractivity (Wildman–Crippen MR) is 143 cm³/mol. The Bertz CT molecular complexity index is 1630. The zero-order chi connectivity index (χ0) is 25.4. The molecule has 3 aromatic carbocycles. The number of carbonyl (C=O) groups excluding carboxylic acids is 1. The lowest BCUT2D eigenvalue weighted by molar-refractivity contribution is -0.0440. The molecule has 5 rings (SSSR count). The molecule has 0 radical (unpaired) electrons. The van der Waals surface area contributed by atoms with Crippen molar-refractivity contribution in [3.63, 3.8) is 0 Å². The number of sulfonamides is 1. The molecule has 1 aromatic heterocycles. The molecule has 4 aromatic rings. The summed E-state index contributed by atoms with van der Waals surface area (Å²) in [6, 6.07) is 18.2. The third-order valence-corrected chi connectivity index (χ3v) is 9.18. The number of aromatic nitrogens is 1. The van der Waals surface area contributed by atoms with Gasteiger partial charge in [0.25, 0.3) is 5.91 Å². The van der Waals surface area contributed by atoms with Gasteiger partial charge < -0.3 is 9.30 Å². The Kier molecular flexibility index (Phi) is 6.65. The second kappa shape index (κ2) is 9.74. The van der Waals surface area contributed by atoms with Gasteiger partial charge in [0.15, 0.2) is 4.80 Å². The van der Waals surface area contributed by atoms with Crippen molar-refractivity contribution in [1.82, 2.24) is 8.87 Å². The summed E-state index contributed by atoms with van der Waals surface area (Å²) >= 11 is 1.46. The van der Waals surface area contributed by atoms with Crippen molar-refractivity contribution in [3.05, 3.63) is 83.7 Å². The molecule has 7 nitrogen and oxygen atoms in total. The van der Waals surface area contributed by atoms with Gasteiger partial charge in [0.1, 0.15) is 0 Å². The number of hydrogen-bond donors (Lipinski definition) is 0. The normalized spacial score (nSPS) is 19.7. The van der Waals surface area contributed by atoms with Crippen LogP contribution < -0.4 is 4.80 Å². The van der Waals surface area contributed by atoms with Crippen LogP contribution in [0.5, 0.6) is 0 Å². The molecular formula is C27H27N3O4S2. The van der Waals surface area contributed by atoms with Crippen LogP contribution in [0.3, 0.4) is 0 Å². The zero-order valence-electron chi connectivity index (χ0n) is 20.1. The predicted octanol–water partition coefficient (Wildman–Crippen LogP) is 4.58. The number of thiazole rings is 1. The molecule has 0 aliphatic carbocycles. The molecule has 1 aliphatic heterocycles. The first-order chi connectivity index (χ1) is 17.3. The van der Waals surface area contributed by atoms with E-state index in [9.17, 15) is 13.2 Å². The van der Waals surface area contributed by atoms with Crippen LogP contribution in [0.25, 0.3) is 21.0 Å². The third kappa shape index (κ3) is 4.55. The summed E-state index contributed by atoms with van der Waals surface area (Å²) in [7, 11) is -3.68. The number of rotatable bonds is 5. The number of fused-ring (bicyclic) bond motifs is 3. The highest BCUT2D eigenvalue weighted by atomic mass is 32.2. The van der Waals surface area contributed by atoms with Crippen molar-refractivity contribution in [2.45, 2.75) is 37.5 Å². The molecule has 0 N–H and O–H groups in total. The van der Waals surface area contributed by atoms with Crippen molar-refractivity contribution in [2.24, 2.45) is 4.99 Å². The van der Waals surface area contributed by atoms with Crippen LogP contribution >= 0.6 is 11.3 Å². The quantitative estimate of drug-likeness (QED) is 0.360. The number of hydrogen-bond acceptors (Lipinski definition) is 5. The highest BCUT2D eigenvalue weighted by molar-refractivity contribution is 7.89. The zero-order valence-corrected chi connectivity index (χ0v) is 21.8. The maximum Gasteiger partial charge on any atom is 0.279 e. The lowest BCUT2D eigenvalue weighted by Gasteiger charge is -2.34. The van der Waals surface area contributed by atoms with Gasteiger partial charge in [0, 0.05) is 30.6 Å². The largest absolute Gasteiger partial charge is 0.373 e. The van der Waals surface area contributed by atoms with Crippen LogP contribution in [0, 0.1) is 0 Å². The molecule has 1 fully saturated rings. The first-order valence-corrected chi connectivity index (χ1v) is 14.0. The minimum atomic E-state index is -3.68. The molecule has 0 spiro atoms. The van der Waals surface area contributed by atoms with Crippen LogP contribution in [-0.2, 0) is 21.3 Å². The highest BCUT2D eigenvalue weighted by Gasteiger charge is 2.32. The molecule has 9 heteroatoms. The highest BCUT2D eigenvalue weighted by Crippen LogP contribution is 2.28. The summed E-state index contributed by atoms with van der Waals surface area (Å²) in [5, 5.41) is 2.23. The second-order valence-electron chi connectivity index (χ2n) is 8.94. The number of allylic oxidation sites excluding steroid dienone is 1. The molecule has 1 amide bonds. The average Bonchev–Trinajstić information content (AvgIpc) is 3.21. The van der Waals surface area contributed by atoms with Gasteiger partial charge in [0.05, 0.1) is 27.3 Å². The van der Waals surface area contributed by atoms with Gasteiger partial charge in [-0.25, -0.2) is 8.42 Å². The van der Waals surface area contributed by atoms with Gasteiger partial charge in [0.2, 0.25) is 10.0 Å². The monoisotopic (exact) mass is 521 g/mol. The fraction of sp³-hybridized carbons (Fsp3) is 0.259. The number of amides is 1. The van der Waals surface area contributed by atoms with Gasteiger partial charge in [-0.1, -0.05) is 47.7 Å². The molecule has 0 bridgehead atoms. The summed E-state index contributed by atoms with van der Waals surface area (Å²) in [4.78, 5) is 18.2. The van der Waals surface area contributed by atoms with Gasteiger partial charge >= 0.3 is 0 Å². The van der Waals surface area contributed by atoms with Crippen molar-refractivity contribution in [3.8, 4) is 0 Å². The van der Waals surface area contributed by atoms with Crippen molar-refractivity contribution < 1.29 is 17.9 Å². The van der Waals surface area contributed by atoms with Crippen molar-refractivity contribution in [1.29, 1.82) is 0 Å². The number of benzene rings is 3. The number of ether oxygens (including phenoxy) is 1. The minimum Gasteiger partial charge on any atom is -0.373 e. The fourth-order valence-electron chi connectivity index (χ4n) is 4.59. The van der Waals surface area contributed by atoms with E-state index in [0.717, 1.165) is 21.0 Å². The van der Waals surface area contributed by atoms with E-state index in [1.165, 1.54) is 39.9 Å².